The third kappa shape index (κ3) is 4.15. The van der Waals surface area contributed by atoms with Crippen LogP contribution in [0.2, 0.25) is 5.02 Å². The topological polar surface area (TPSA) is 54.9 Å². The molecule has 98 valence electrons. The number of nitrogens with zero attached hydrogens (tertiary/aromatic N) is 2. The van der Waals surface area contributed by atoms with Crippen molar-refractivity contribution in [3.63, 3.8) is 0 Å². The molecule has 1 aromatic carbocycles. The zero-order valence-electron chi connectivity index (χ0n) is 10.3. The molecule has 0 aliphatic heterocycles. The van der Waals surface area contributed by atoms with E-state index in [0.717, 1.165) is 17.0 Å². The minimum absolute atomic E-state index is 0.237. The molecule has 4 nitrogen and oxygen atoms in total. The smallest absolute Gasteiger partial charge is 0.250 e. The van der Waals surface area contributed by atoms with Gasteiger partial charge in [-0.1, -0.05) is 42.0 Å². The molecule has 2 rings (SSSR count). The lowest BCUT2D eigenvalue weighted by molar-refractivity contribution is -0.111. The normalized spacial score (nSPS) is 10.8. The maximum Gasteiger partial charge on any atom is 0.250 e. The van der Waals surface area contributed by atoms with E-state index in [1.54, 1.807) is 18.2 Å². The zero-order valence-corrected chi connectivity index (χ0v) is 11.8. The maximum absolute atomic E-state index is 11.7. The molecule has 0 atom stereocenters. The minimum Gasteiger partial charge on any atom is -0.297 e. The van der Waals surface area contributed by atoms with Crippen molar-refractivity contribution < 1.29 is 4.79 Å². The quantitative estimate of drug-likeness (QED) is 0.879. The predicted molar refractivity (Wildman–Crippen MR) is 78.4 cm³/mol. The van der Waals surface area contributed by atoms with Crippen LogP contribution in [0.15, 0.2) is 30.3 Å². The van der Waals surface area contributed by atoms with Crippen LogP contribution in [-0.2, 0) is 11.2 Å². The first-order valence-electron chi connectivity index (χ1n) is 5.74. The molecular weight excluding hydrogens is 282 g/mol. The van der Waals surface area contributed by atoms with E-state index >= 15 is 0 Å². The van der Waals surface area contributed by atoms with Crippen LogP contribution in [0.3, 0.4) is 0 Å². The summed E-state index contributed by atoms with van der Waals surface area (Å²) in [6.07, 6.45) is 3.95. The maximum atomic E-state index is 11.7. The van der Waals surface area contributed by atoms with Crippen LogP contribution in [0, 0.1) is 0 Å². The second-order valence-electron chi connectivity index (χ2n) is 3.73. The molecule has 1 aromatic heterocycles. The van der Waals surface area contributed by atoms with Gasteiger partial charge in [-0.15, -0.1) is 10.2 Å². The highest BCUT2D eigenvalue weighted by Gasteiger charge is 2.04. The number of anilines is 1. The van der Waals surface area contributed by atoms with Crippen molar-refractivity contribution in [3.05, 3.63) is 45.9 Å². The lowest BCUT2D eigenvalue weighted by Crippen LogP contribution is -2.07. The first-order valence-corrected chi connectivity index (χ1v) is 6.94. The molecule has 0 bridgehead atoms. The van der Waals surface area contributed by atoms with E-state index in [1.807, 2.05) is 19.1 Å². The molecular formula is C13H12ClN3OS. The van der Waals surface area contributed by atoms with Gasteiger partial charge >= 0.3 is 0 Å². The molecule has 0 aliphatic carbocycles. The Morgan fingerprint density at radius 1 is 1.47 bits per heavy atom. The highest BCUT2D eigenvalue weighted by molar-refractivity contribution is 7.15. The average Bonchev–Trinajstić information content (AvgIpc) is 2.84. The predicted octanol–water partition coefficient (Wildman–Crippen LogP) is 3.41. The molecule has 6 heteroatoms. The molecule has 0 fully saturated rings. The number of amides is 1. The molecule has 1 heterocycles. The number of carbonyl (C=O) groups excluding carboxylic acids is 1. The zero-order chi connectivity index (χ0) is 13.7. The summed E-state index contributed by atoms with van der Waals surface area (Å²) in [6.45, 7) is 1.99. The van der Waals surface area contributed by atoms with E-state index in [0.29, 0.717) is 10.2 Å². The van der Waals surface area contributed by atoms with Gasteiger partial charge in [0.25, 0.3) is 0 Å². The van der Waals surface area contributed by atoms with Gasteiger partial charge in [0.2, 0.25) is 11.0 Å². The SMILES string of the molecule is CCc1nnc(NC(=O)C=Cc2cccc(Cl)c2)s1. The van der Waals surface area contributed by atoms with Crippen molar-refractivity contribution in [2.24, 2.45) is 0 Å². The van der Waals surface area contributed by atoms with Gasteiger partial charge in [-0.2, -0.15) is 0 Å². The Hall–Kier alpha value is -1.72. The summed E-state index contributed by atoms with van der Waals surface area (Å²) in [7, 11) is 0. The van der Waals surface area contributed by atoms with Gasteiger partial charge in [0, 0.05) is 11.1 Å². The second-order valence-corrected chi connectivity index (χ2v) is 5.23. The lowest BCUT2D eigenvalue weighted by Gasteiger charge is -1.96. The van der Waals surface area contributed by atoms with Crippen molar-refractivity contribution in [1.82, 2.24) is 10.2 Å². The van der Waals surface area contributed by atoms with Crippen molar-refractivity contribution in [3.8, 4) is 0 Å². The molecule has 0 radical (unpaired) electrons. The monoisotopic (exact) mass is 293 g/mol. The van der Waals surface area contributed by atoms with Gasteiger partial charge < -0.3 is 0 Å². The third-order valence-electron chi connectivity index (χ3n) is 2.28. The summed E-state index contributed by atoms with van der Waals surface area (Å²) in [5.74, 6) is -0.237. The van der Waals surface area contributed by atoms with Crippen molar-refractivity contribution in [2.75, 3.05) is 5.32 Å². The largest absolute Gasteiger partial charge is 0.297 e. The molecule has 0 aliphatic rings. The molecule has 1 N–H and O–H groups in total. The van der Waals surface area contributed by atoms with E-state index in [1.165, 1.54) is 17.4 Å². The van der Waals surface area contributed by atoms with Gasteiger partial charge in [0.15, 0.2) is 0 Å². The lowest BCUT2D eigenvalue weighted by atomic mass is 10.2. The van der Waals surface area contributed by atoms with Crippen molar-refractivity contribution in [1.29, 1.82) is 0 Å². The van der Waals surface area contributed by atoms with Crippen LogP contribution in [0.4, 0.5) is 5.13 Å². The number of carbonyl (C=O) groups is 1. The summed E-state index contributed by atoms with van der Waals surface area (Å²) in [5, 5.41) is 12.5. The van der Waals surface area contributed by atoms with Gasteiger partial charge in [0.05, 0.1) is 0 Å². The number of aryl methyl sites for hydroxylation is 1. The first-order chi connectivity index (χ1) is 9.17. The number of halogens is 1. The van der Waals surface area contributed by atoms with E-state index in [4.69, 9.17) is 11.6 Å². The first kappa shape index (κ1) is 13.7. The molecule has 0 saturated heterocycles. The summed E-state index contributed by atoms with van der Waals surface area (Å²) < 4.78 is 0. The number of benzene rings is 1. The van der Waals surface area contributed by atoms with Gasteiger partial charge in [-0.3, -0.25) is 10.1 Å². The van der Waals surface area contributed by atoms with Gasteiger partial charge in [0.1, 0.15) is 5.01 Å². The van der Waals surface area contributed by atoms with Crippen molar-refractivity contribution >= 4 is 40.1 Å². The molecule has 0 saturated carbocycles. The summed E-state index contributed by atoms with van der Waals surface area (Å²) in [4.78, 5) is 11.7. The van der Waals surface area contributed by atoms with Crippen LogP contribution in [0.1, 0.15) is 17.5 Å². The van der Waals surface area contributed by atoms with E-state index in [9.17, 15) is 4.79 Å². The third-order valence-corrected chi connectivity index (χ3v) is 3.49. The number of rotatable bonds is 4. The van der Waals surface area contributed by atoms with E-state index < -0.39 is 0 Å². The van der Waals surface area contributed by atoms with E-state index in [-0.39, 0.29) is 5.91 Å². The van der Waals surface area contributed by atoms with Gasteiger partial charge in [-0.25, -0.2) is 0 Å². The Morgan fingerprint density at radius 3 is 3.00 bits per heavy atom. The van der Waals surface area contributed by atoms with Crippen LogP contribution in [0.5, 0.6) is 0 Å². The fourth-order valence-corrected chi connectivity index (χ4v) is 2.26. The number of hydrogen-bond acceptors (Lipinski definition) is 4. The molecule has 1 amide bonds. The minimum atomic E-state index is -0.237. The highest BCUT2D eigenvalue weighted by Crippen LogP contribution is 2.15. The Bertz CT molecular complexity index is 609. The van der Waals surface area contributed by atoms with Crippen LogP contribution in [-0.4, -0.2) is 16.1 Å². The second kappa shape index (κ2) is 6.45. The van der Waals surface area contributed by atoms with Gasteiger partial charge in [-0.05, 0) is 30.2 Å². The van der Waals surface area contributed by atoms with Crippen LogP contribution in [0.25, 0.3) is 6.08 Å². The summed E-state index contributed by atoms with van der Waals surface area (Å²) >= 11 is 7.23. The van der Waals surface area contributed by atoms with Crippen LogP contribution >= 0.6 is 22.9 Å². The van der Waals surface area contributed by atoms with Crippen molar-refractivity contribution in [2.45, 2.75) is 13.3 Å². The Labute approximate surface area is 120 Å². The highest BCUT2D eigenvalue weighted by atomic mass is 35.5. The fourth-order valence-electron chi connectivity index (χ4n) is 1.38. The molecule has 2 aromatic rings. The standard InChI is InChI=1S/C13H12ClN3OS/c1-2-12-16-17-13(19-12)15-11(18)7-6-9-4-3-5-10(14)8-9/h3-8H,2H2,1H3,(H,15,17,18). The average molecular weight is 294 g/mol. The number of aromatic nitrogens is 2. The number of hydrogen-bond donors (Lipinski definition) is 1. The molecule has 0 spiro atoms. The fraction of sp³-hybridized carbons (Fsp3) is 0.154. The summed E-state index contributed by atoms with van der Waals surface area (Å²) in [5.41, 5.74) is 0.870. The molecule has 0 unspecified atom stereocenters. The Kier molecular flexibility index (Phi) is 4.65. The molecule has 19 heavy (non-hydrogen) atoms. The number of nitrogens with one attached hydrogen (secondary N) is 1. The van der Waals surface area contributed by atoms with E-state index in [2.05, 4.69) is 15.5 Å². The summed E-state index contributed by atoms with van der Waals surface area (Å²) in [6, 6.07) is 7.27. The van der Waals surface area contributed by atoms with Crippen LogP contribution < -0.4 is 5.32 Å². The Morgan fingerprint density at radius 2 is 2.32 bits per heavy atom. The Balaban J connectivity index is 1.97.